The Morgan fingerprint density at radius 1 is 0.408 bits per heavy atom. The normalized spacial score (nSPS) is 12.1. The molecule has 0 N–H and O–H groups in total. The third kappa shape index (κ3) is 3.70. The molecular formula is C44H26N4O. The minimum absolute atomic E-state index is 0.657. The second-order valence-electron chi connectivity index (χ2n) is 12.6. The number of furan rings is 1. The zero-order valence-corrected chi connectivity index (χ0v) is 26.2. The van der Waals surface area contributed by atoms with Gasteiger partial charge in [0, 0.05) is 49.0 Å². The van der Waals surface area contributed by atoms with E-state index in [-0.39, 0.29) is 0 Å². The highest BCUT2D eigenvalue weighted by Gasteiger charge is 2.22. The summed E-state index contributed by atoms with van der Waals surface area (Å²) < 4.78 is 10.8. The highest BCUT2D eigenvalue weighted by atomic mass is 16.3. The molecule has 0 amide bonds. The maximum atomic E-state index is 6.19. The number of aromatic nitrogens is 4. The summed E-state index contributed by atoms with van der Waals surface area (Å²) >= 11 is 0. The summed E-state index contributed by atoms with van der Waals surface area (Å²) in [5, 5.41) is 8.04. The van der Waals surface area contributed by atoms with E-state index in [2.05, 4.69) is 143 Å². The van der Waals surface area contributed by atoms with Crippen LogP contribution in [0.2, 0.25) is 0 Å². The summed E-state index contributed by atoms with van der Waals surface area (Å²) in [5.41, 5.74) is 10.2. The van der Waals surface area contributed by atoms with Gasteiger partial charge in [0.2, 0.25) is 5.95 Å². The van der Waals surface area contributed by atoms with Crippen molar-refractivity contribution in [3.8, 4) is 22.9 Å². The molecule has 5 heteroatoms. The van der Waals surface area contributed by atoms with E-state index in [1.165, 1.54) is 21.5 Å². The summed E-state index contributed by atoms with van der Waals surface area (Å²) in [4.78, 5) is 10.5. The monoisotopic (exact) mass is 626 g/mol. The molecule has 0 saturated carbocycles. The van der Waals surface area contributed by atoms with Gasteiger partial charge in [0.05, 0.1) is 33.3 Å². The third-order valence-electron chi connectivity index (χ3n) is 9.93. The van der Waals surface area contributed by atoms with Crippen LogP contribution in [-0.4, -0.2) is 19.1 Å². The van der Waals surface area contributed by atoms with Crippen LogP contribution in [0.25, 0.3) is 99.3 Å². The maximum absolute atomic E-state index is 6.19. The molecule has 0 aliphatic heterocycles. The van der Waals surface area contributed by atoms with Crippen molar-refractivity contribution in [1.82, 2.24) is 19.1 Å². The minimum atomic E-state index is 0.657. The molecule has 0 fully saturated rings. The fourth-order valence-corrected chi connectivity index (χ4v) is 7.85. The predicted octanol–water partition coefficient (Wildman–Crippen LogP) is 11.4. The minimum Gasteiger partial charge on any atom is -0.456 e. The number of benzene rings is 7. The first-order chi connectivity index (χ1) is 24.3. The van der Waals surface area contributed by atoms with Crippen LogP contribution in [0.4, 0.5) is 0 Å². The quantitative estimate of drug-likeness (QED) is 0.196. The van der Waals surface area contributed by atoms with Crippen LogP contribution in [0.1, 0.15) is 0 Å². The molecule has 0 atom stereocenters. The van der Waals surface area contributed by atoms with Crippen LogP contribution >= 0.6 is 0 Å². The average molecular weight is 627 g/mol. The SMILES string of the molecule is c1ccc(-c2nc(-n3c4ccccc4c4c5c6ccccc6n(-c6ccc7oc8ccccc8c7c6)c5ccc43)nc3ccccc23)cc1. The number of rotatable bonds is 3. The summed E-state index contributed by atoms with van der Waals surface area (Å²) in [5.74, 6) is 0.657. The topological polar surface area (TPSA) is 48.8 Å². The fraction of sp³-hybridized carbons (Fsp3) is 0. The first-order valence-electron chi connectivity index (χ1n) is 16.5. The molecule has 228 valence electrons. The van der Waals surface area contributed by atoms with Crippen LogP contribution in [0, 0.1) is 0 Å². The lowest BCUT2D eigenvalue weighted by atomic mass is 10.1. The molecule has 4 heterocycles. The number of nitrogens with zero attached hydrogens (tertiary/aromatic N) is 4. The molecule has 11 aromatic rings. The van der Waals surface area contributed by atoms with E-state index in [1.807, 2.05) is 24.3 Å². The van der Waals surface area contributed by atoms with E-state index in [0.717, 1.165) is 71.9 Å². The Bertz CT molecular complexity index is 3110. The van der Waals surface area contributed by atoms with E-state index < -0.39 is 0 Å². The van der Waals surface area contributed by atoms with E-state index in [4.69, 9.17) is 14.4 Å². The van der Waals surface area contributed by atoms with Gasteiger partial charge in [0.1, 0.15) is 11.2 Å². The summed E-state index contributed by atoms with van der Waals surface area (Å²) in [6.07, 6.45) is 0. The Kier molecular flexibility index (Phi) is 5.32. The summed E-state index contributed by atoms with van der Waals surface area (Å²) in [6, 6.07) is 55.3. The van der Waals surface area contributed by atoms with Gasteiger partial charge in [-0.15, -0.1) is 0 Å². The van der Waals surface area contributed by atoms with Crippen molar-refractivity contribution in [2.45, 2.75) is 0 Å². The first kappa shape index (κ1) is 26.4. The lowest BCUT2D eigenvalue weighted by Gasteiger charge is -2.12. The Morgan fingerprint density at radius 2 is 1.00 bits per heavy atom. The second kappa shape index (κ2) is 9.89. The molecule has 0 saturated heterocycles. The molecule has 4 aromatic heterocycles. The zero-order valence-electron chi connectivity index (χ0n) is 26.2. The Balaban J connectivity index is 1.25. The zero-order chi connectivity index (χ0) is 32.1. The van der Waals surface area contributed by atoms with Crippen LogP contribution in [-0.2, 0) is 0 Å². The van der Waals surface area contributed by atoms with E-state index >= 15 is 0 Å². The number of hydrogen-bond donors (Lipinski definition) is 0. The molecule has 11 rings (SSSR count). The molecule has 0 aliphatic carbocycles. The van der Waals surface area contributed by atoms with Crippen molar-refractivity contribution in [2.75, 3.05) is 0 Å². The van der Waals surface area contributed by atoms with Crippen molar-refractivity contribution >= 4 is 76.5 Å². The highest BCUT2D eigenvalue weighted by molar-refractivity contribution is 6.29. The average Bonchev–Trinajstić information content (AvgIpc) is 3.82. The van der Waals surface area contributed by atoms with Gasteiger partial charge >= 0.3 is 0 Å². The summed E-state index contributed by atoms with van der Waals surface area (Å²) in [6.45, 7) is 0. The van der Waals surface area contributed by atoms with Gasteiger partial charge in [-0.05, 0) is 54.6 Å². The Hall–Kier alpha value is -6.72. The van der Waals surface area contributed by atoms with Crippen molar-refractivity contribution in [3.63, 3.8) is 0 Å². The van der Waals surface area contributed by atoms with Crippen molar-refractivity contribution in [2.24, 2.45) is 0 Å². The van der Waals surface area contributed by atoms with Crippen molar-refractivity contribution < 1.29 is 4.42 Å². The lowest BCUT2D eigenvalue weighted by Crippen LogP contribution is -2.03. The standard InChI is InChI=1S/C44H26N4O/c1-2-12-27(13-3-1)43-30-15-4-8-18-34(30)45-44(46-43)48-36-20-10-6-17-32(36)42-38(48)24-23-37-41(42)31-16-5-9-19-35(31)47(37)28-22-25-40-33(26-28)29-14-7-11-21-39(29)49-40/h1-26H. The molecular weight excluding hydrogens is 601 g/mol. The smallest absolute Gasteiger partial charge is 0.235 e. The molecule has 0 radical (unpaired) electrons. The van der Waals surface area contributed by atoms with E-state index in [0.29, 0.717) is 5.95 Å². The molecule has 0 unspecified atom stereocenters. The van der Waals surface area contributed by atoms with Gasteiger partial charge in [0.15, 0.2) is 0 Å². The Labute approximate surface area is 279 Å². The molecule has 7 aromatic carbocycles. The molecule has 0 spiro atoms. The molecule has 0 aliphatic rings. The van der Waals surface area contributed by atoms with E-state index in [9.17, 15) is 0 Å². The van der Waals surface area contributed by atoms with Crippen LogP contribution in [0.5, 0.6) is 0 Å². The fourth-order valence-electron chi connectivity index (χ4n) is 7.85. The summed E-state index contributed by atoms with van der Waals surface area (Å²) in [7, 11) is 0. The highest BCUT2D eigenvalue weighted by Crippen LogP contribution is 2.43. The molecule has 49 heavy (non-hydrogen) atoms. The largest absolute Gasteiger partial charge is 0.456 e. The van der Waals surface area contributed by atoms with Crippen LogP contribution < -0.4 is 0 Å². The number of para-hydroxylation sites is 4. The van der Waals surface area contributed by atoms with Gasteiger partial charge in [0.25, 0.3) is 0 Å². The van der Waals surface area contributed by atoms with Crippen molar-refractivity contribution in [3.05, 3.63) is 158 Å². The van der Waals surface area contributed by atoms with Gasteiger partial charge in [-0.25, -0.2) is 9.97 Å². The molecule has 0 bridgehead atoms. The number of fused-ring (bicyclic) bond motifs is 11. The van der Waals surface area contributed by atoms with Crippen LogP contribution in [0.15, 0.2) is 162 Å². The maximum Gasteiger partial charge on any atom is 0.235 e. The van der Waals surface area contributed by atoms with Gasteiger partial charge in [-0.1, -0.05) is 103 Å². The molecule has 5 nitrogen and oxygen atoms in total. The van der Waals surface area contributed by atoms with E-state index in [1.54, 1.807) is 0 Å². The lowest BCUT2D eigenvalue weighted by molar-refractivity contribution is 0.669. The predicted molar refractivity (Wildman–Crippen MR) is 201 cm³/mol. The number of hydrogen-bond acceptors (Lipinski definition) is 3. The van der Waals surface area contributed by atoms with Gasteiger partial charge in [-0.3, -0.25) is 4.57 Å². The first-order valence-corrected chi connectivity index (χ1v) is 16.5. The third-order valence-corrected chi connectivity index (χ3v) is 9.93. The van der Waals surface area contributed by atoms with Gasteiger partial charge in [-0.2, -0.15) is 0 Å². The van der Waals surface area contributed by atoms with Crippen molar-refractivity contribution in [1.29, 1.82) is 0 Å². The van der Waals surface area contributed by atoms with Crippen LogP contribution in [0.3, 0.4) is 0 Å². The second-order valence-corrected chi connectivity index (χ2v) is 12.6. The Morgan fingerprint density at radius 3 is 1.78 bits per heavy atom. The van der Waals surface area contributed by atoms with Gasteiger partial charge < -0.3 is 8.98 Å².